The largest absolute Gasteiger partial charge is 0.497 e. The molecule has 0 amide bonds. The van der Waals surface area contributed by atoms with Crippen molar-refractivity contribution in [1.82, 2.24) is 4.98 Å². The summed E-state index contributed by atoms with van der Waals surface area (Å²) in [7, 11) is 1.64. The number of aromatic nitrogens is 1. The summed E-state index contributed by atoms with van der Waals surface area (Å²) in [5, 5.41) is 12.2. The maximum absolute atomic E-state index is 9.50. The molecule has 0 atom stereocenters. The first-order valence-corrected chi connectivity index (χ1v) is 8.85. The summed E-state index contributed by atoms with van der Waals surface area (Å²) in [4.78, 5) is 4.60. The van der Waals surface area contributed by atoms with Crippen LogP contribution in [0, 0.1) is 11.3 Å². The summed E-state index contributed by atoms with van der Waals surface area (Å²) in [6, 6.07) is 17.8. The van der Waals surface area contributed by atoms with Gasteiger partial charge in [0.2, 0.25) is 0 Å². The Kier molecular flexibility index (Phi) is 5.09. The normalized spacial score (nSPS) is 11.1. The van der Waals surface area contributed by atoms with Crippen LogP contribution in [-0.2, 0) is 0 Å². The van der Waals surface area contributed by atoms with Gasteiger partial charge in [0.15, 0.2) is 0 Å². The fraction of sp³-hybridized carbons (Fsp3) is 0.0526. The van der Waals surface area contributed by atoms with Crippen LogP contribution in [-0.4, -0.2) is 12.1 Å². The molecule has 0 spiro atoms. The number of hydrogen-bond donors (Lipinski definition) is 0. The van der Waals surface area contributed by atoms with Gasteiger partial charge in [-0.25, -0.2) is 4.98 Å². The third-order valence-electron chi connectivity index (χ3n) is 3.45. The molecule has 0 bridgehead atoms. The Morgan fingerprint density at radius 1 is 1.21 bits per heavy atom. The van der Waals surface area contributed by atoms with Crippen LogP contribution in [0.3, 0.4) is 0 Å². The molecule has 2 aromatic carbocycles. The van der Waals surface area contributed by atoms with E-state index in [2.05, 4.69) is 27.0 Å². The maximum Gasteiger partial charge on any atom is 0.134 e. The first-order chi connectivity index (χ1) is 11.7. The summed E-state index contributed by atoms with van der Waals surface area (Å²) in [6.45, 7) is 0. The van der Waals surface area contributed by atoms with Crippen molar-refractivity contribution in [2.45, 2.75) is 0 Å². The molecular weight excluding hydrogens is 384 g/mol. The molecule has 5 heteroatoms. The van der Waals surface area contributed by atoms with Gasteiger partial charge in [0.1, 0.15) is 16.8 Å². The highest BCUT2D eigenvalue weighted by molar-refractivity contribution is 9.10. The highest BCUT2D eigenvalue weighted by atomic mass is 79.9. The Hall–Kier alpha value is -2.42. The second kappa shape index (κ2) is 7.43. The van der Waals surface area contributed by atoms with Gasteiger partial charge in [-0.3, -0.25) is 0 Å². The molecule has 3 nitrogen and oxygen atoms in total. The van der Waals surface area contributed by atoms with Gasteiger partial charge in [0.25, 0.3) is 0 Å². The lowest BCUT2D eigenvalue weighted by molar-refractivity contribution is 0.415. The van der Waals surface area contributed by atoms with Gasteiger partial charge in [0.05, 0.1) is 18.4 Å². The van der Waals surface area contributed by atoms with Crippen molar-refractivity contribution in [1.29, 1.82) is 5.26 Å². The van der Waals surface area contributed by atoms with Crippen molar-refractivity contribution >= 4 is 38.9 Å². The van der Waals surface area contributed by atoms with E-state index in [0.29, 0.717) is 10.6 Å². The third kappa shape index (κ3) is 3.56. The Morgan fingerprint density at radius 3 is 2.62 bits per heavy atom. The van der Waals surface area contributed by atoms with Crippen LogP contribution in [0.1, 0.15) is 10.6 Å². The van der Waals surface area contributed by atoms with Crippen molar-refractivity contribution in [2.24, 2.45) is 0 Å². The predicted octanol–water partition coefficient (Wildman–Crippen LogP) is 5.65. The Labute approximate surface area is 153 Å². The fourth-order valence-electron chi connectivity index (χ4n) is 2.18. The van der Waals surface area contributed by atoms with Crippen LogP contribution in [0.25, 0.3) is 22.9 Å². The molecule has 0 aliphatic rings. The van der Waals surface area contributed by atoms with Crippen molar-refractivity contribution in [3.8, 4) is 23.1 Å². The highest BCUT2D eigenvalue weighted by Crippen LogP contribution is 2.29. The molecule has 0 saturated carbocycles. The minimum absolute atomic E-state index is 0.548. The van der Waals surface area contributed by atoms with E-state index in [1.807, 2.05) is 60.0 Å². The summed E-state index contributed by atoms with van der Waals surface area (Å²) in [5.41, 5.74) is 3.35. The fourth-order valence-corrected chi connectivity index (χ4v) is 3.38. The van der Waals surface area contributed by atoms with E-state index in [0.717, 1.165) is 27.0 Å². The quantitative estimate of drug-likeness (QED) is 0.535. The van der Waals surface area contributed by atoms with Crippen molar-refractivity contribution < 1.29 is 4.74 Å². The van der Waals surface area contributed by atoms with E-state index < -0.39 is 0 Å². The van der Waals surface area contributed by atoms with Crippen LogP contribution >= 0.6 is 27.3 Å². The maximum atomic E-state index is 9.50. The molecule has 0 radical (unpaired) electrons. The number of nitriles is 1. The number of benzene rings is 2. The molecule has 0 N–H and O–H groups in total. The molecule has 0 aliphatic heterocycles. The molecule has 118 valence electrons. The smallest absolute Gasteiger partial charge is 0.134 e. The van der Waals surface area contributed by atoms with Crippen LogP contribution in [0.4, 0.5) is 0 Å². The number of rotatable bonds is 4. The van der Waals surface area contributed by atoms with Gasteiger partial charge in [-0.2, -0.15) is 5.26 Å². The zero-order chi connectivity index (χ0) is 16.9. The molecule has 0 fully saturated rings. The van der Waals surface area contributed by atoms with Crippen LogP contribution in [0.15, 0.2) is 58.4 Å². The molecule has 24 heavy (non-hydrogen) atoms. The zero-order valence-electron chi connectivity index (χ0n) is 12.9. The van der Waals surface area contributed by atoms with Gasteiger partial charge in [-0.1, -0.05) is 34.1 Å². The lowest BCUT2D eigenvalue weighted by Crippen LogP contribution is -1.85. The number of hydrogen-bond acceptors (Lipinski definition) is 4. The minimum Gasteiger partial charge on any atom is -0.497 e. The van der Waals surface area contributed by atoms with Crippen LogP contribution in [0.5, 0.6) is 5.75 Å². The van der Waals surface area contributed by atoms with Crippen molar-refractivity contribution in [3.63, 3.8) is 0 Å². The first-order valence-electron chi connectivity index (χ1n) is 7.18. The summed E-state index contributed by atoms with van der Waals surface area (Å²) < 4.78 is 6.12. The van der Waals surface area contributed by atoms with Gasteiger partial charge in [-0.05, 0) is 42.0 Å². The summed E-state index contributed by atoms with van der Waals surface area (Å²) in [5.74, 6) is 0.806. The molecule has 3 rings (SSSR count). The van der Waals surface area contributed by atoms with E-state index in [4.69, 9.17) is 4.74 Å². The minimum atomic E-state index is 0.548. The zero-order valence-corrected chi connectivity index (χ0v) is 15.3. The average molecular weight is 397 g/mol. The van der Waals surface area contributed by atoms with Gasteiger partial charge in [0, 0.05) is 15.4 Å². The molecule has 0 unspecified atom stereocenters. The second-order valence-corrected chi connectivity index (χ2v) is 6.67. The second-order valence-electron chi connectivity index (χ2n) is 4.96. The lowest BCUT2D eigenvalue weighted by Gasteiger charge is -2.00. The molecule has 0 aliphatic carbocycles. The molecule has 1 aromatic heterocycles. The highest BCUT2D eigenvalue weighted by Gasteiger charge is 2.10. The first kappa shape index (κ1) is 16.4. The number of nitrogens with zero attached hydrogens (tertiary/aromatic N) is 2. The number of ether oxygens (including phenoxy) is 1. The number of thiazole rings is 1. The lowest BCUT2D eigenvalue weighted by atomic mass is 10.1. The van der Waals surface area contributed by atoms with Crippen molar-refractivity contribution in [2.75, 3.05) is 7.11 Å². The van der Waals surface area contributed by atoms with E-state index in [-0.39, 0.29) is 0 Å². The molecule has 1 heterocycles. The monoisotopic (exact) mass is 396 g/mol. The number of halogens is 1. The molecule has 0 saturated heterocycles. The van der Waals surface area contributed by atoms with Gasteiger partial charge >= 0.3 is 0 Å². The molecule has 3 aromatic rings. The van der Waals surface area contributed by atoms with E-state index >= 15 is 0 Å². The van der Waals surface area contributed by atoms with Gasteiger partial charge < -0.3 is 4.74 Å². The topological polar surface area (TPSA) is 45.9 Å². The van der Waals surface area contributed by atoms with Crippen LogP contribution in [0.2, 0.25) is 0 Å². The predicted molar refractivity (Wildman–Crippen MR) is 102 cm³/mol. The standard InChI is InChI=1S/C19H13BrN2OS/c1-23-16-8-6-13(7-9-16)18-12-24-19(22-18)15(11-21)10-14-4-2-3-5-17(14)20/h2-10,12H,1H3. The Bertz CT molecular complexity index is 923. The Balaban J connectivity index is 1.93. The van der Waals surface area contributed by atoms with Gasteiger partial charge in [-0.15, -0.1) is 11.3 Å². The SMILES string of the molecule is COc1ccc(-c2csc(C(C#N)=Cc3ccccc3Br)n2)cc1. The van der Waals surface area contributed by atoms with E-state index in [1.54, 1.807) is 7.11 Å². The Morgan fingerprint density at radius 2 is 1.96 bits per heavy atom. The number of methoxy groups -OCH3 is 1. The number of allylic oxidation sites excluding steroid dienone is 1. The van der Waals surface area contributed by atoms with Crippen LogP contribution < -0.4 is 4.74 Å². The third-order valence-corrected chi connectivity index (χ3v) is 5.04. The summed E-state index contributed by atoms with van der Waals surface area (Å²) in [6.07, 6.45) is 1.85. The average Bonchev–Trinajstić information content (AvgIpc) is 3.11. The molecular formula is C19H13BrN2OS. The van der Waals surface area contributed by atoms with E-state index in [9.17, 15) is 5.26 Å². The van der Waals surface area contributed by atoms with Crippen molar-refractivity contribution in [3.05, 3.63) is 69.0 Å². The summed E-state index contributed by atoms with van der Waals surface area (Å²) >= 11 is 4.96. The van der Waals surface area contributed by atoms with E-state index in [1.165, 1.54) is 11.3 Å².